The van der Waals surface area contributed by atoms with Gasteiger partial charge < -0.3 is 10.5 Å². The van der Waals surface area contributed by atoms with Crippen LogP contribution in [-0.2, 0) is 6.42 Å². The number of aryl methyl sites for hydroxylation is 1. The van der Waals surface area contributed by atoms with E-state index in [1.54, 1.807) is 11.3 Å². The summed E-state index contributed by atoms with van der Waals surface area (Å²) in [4.78, 5) is 4.28. The molecule has 3 nitrogen and oxygen atoms in total. The second-order valence-electron chi connectivity index (χ2n) is 4.18. The minimum absolute atomic E-state index is 0.186. The highest BCUT2D eigenvalue weighted by molar-refractivity contribution is 7.07. The van der Waals surface area contributed by atoms with Gasteiger partial charge in [-0.2, -0.15) is 0 Å². The molecule has 0 bridgehead atoms. The summed E-state index contributed by atoms with van der Waals surface area (Å²) in [6.45, 7) is 0.786. The van der Waals surface area contributed by atoms with E-state index in [2.05, 4.69) is 17.1 Å². The predicted molar refractivity (Wildman–Crippen MR) is 68.4 cm³/mol. The molecule has 2 heterocycles. The van der Waals surface area contributed by atoms with Crippen LogP contribution in [0.5, 0.6) is 5.75 Å². The topological polar surface area (TPSA) is 48.1 Å². The van der Waals surface area contributed by atoms with Gasteiger partial charge in [0, 0.05) is 10.9 Å². The third-order valence-corrected chi connectivity index (χ3v) is 3.67. The Kier molecular flexibility index (Phi) is 2.82. The second-order valence-corrected chi connectivity index (χ2v) is 4.90. The van der Waals surface area contributed by atoms with Crippen molar-refractivity contribution in [3.63, 3.8) is 0 Å². The fourth-order valence-electron chi connectivity index (χ4n) is 2.19. The molecule has 0 radical (unpaired) electrons. The number of fused-ring (bicyclic) bond motifs is 1. The Hall–Kier alpha value is -1.39. The molecule has 1 aromatic heterocycles. The molecule has 3 rings (SSSR count). The maximum atomic E-state index is 6.25. The van der Waals surface area contributed by atoms with Crippen LogP contribution in [0.3, 0.4) is 0 Å². The number of rotatable bonds is 2. The largest absolute Gasteiger partial charge is 0.493 e. The molecule has 1 unspecified atom stereocenters. The van der Waals surface area contributed by atoms with Gasteiger partial charge in [-0.3, -0.25) is 0 Å². The maximum Gasteiger partial charge on any atom is 0.127 e. The Morgan fingerprint density at radius 2 is 2.35 bits per heavy atom. The summed E-state index contributed by atoms with van der Waals surface area (Å²) < 4.78 is 5.77. The van der Waals surface area contributed by atoms with E-state index >= 15 is 0 Å². The van der Waals surface area contributed by atoms with Gasteiger partial charge in [-0.25, -0.2) is 4.98 Å². The smallest absolute Gasteiger partial charge is 0.127 e. The van der Waals surface area contributed by atoms with Crippen molar-refractivity contribution >= 4 is 11.3 Å². The van der Waals surface area contributed by atoms with E-state index in [0.29, 0.717) is 0 Å². The number of hydrogen-bond donors (Lipinski definition) is 1. The van der Waals surface area contributed by atoms with E-state index < -0.39 is 0 Å². The Morgan fingerprint density at radius 3 is 3.18 bits per heavy atom. The first-order chi connectivity index (χ1) is 8.36. The molecule has 0 spiro atoms. The second kappa shape index (κ2) is 4.47. The van der Waals surface area contributed by atoms with Crippen LogP contribution < -0.4 is 10.5 Å². The summed E-state index contributed by atoms with van der Waals surface area (Å²) in [5, 5.41) is 1.99. The molecule has 1 atom stereocenters. The number of thiazole rings is 1. The molecule has 1 aromatic carbocycles. The van der Waals surface area contributed by atoms with E-state index in [4.69, 9.17) is 10.5 Å². The standard InChI is InChI=1S/C13H14N2OS/c14-12(11-7-17-8-15-11)10-5-1-3-9-4-2-6-16-13(9)10/h1,3,5,7-8,12H,2,4,6,14H2. The molecular weight excluding hydrogens is 232 g/mol. The number of ether oxygens (including phenoxy) is 1. The van der Waals surface area contributed by atoms with E-state index in [0.717, 1.165) is 36.5 Å². The lowest BCUT2D eigenvalue weighted by molar-refractivity contribution is 0.284. The number of benzene rings is 1. The van der Waals surface area contributed by atoms with Gasteiger partial charge in [-0.15, -0.1) is 11.3 Å². The van der Waals surface area contributed by atoms with Crippen molar-refractivity contribution in [2.45, 2.75) is 18.9 Å². The lowest BCUT2D eigenvalue weighted by Gasteiger charge is -2.22. The molecule has 17 heavy (non-hydrogen) atoms. The number of nitrogens with two attached hydrogens (primary N) is 1. The summed E-state index contributed by atoms with van der Waals surface area (Å²) in [6.07, 6.45) is 2.16. The first kappa shape index (κ1) is 10.7. The minimum atomic E-state index is -0.186. The zero-order chi connectivity index (χ0) is 11.7. The maximum absolute atomic E-state index is 6.25. The fourth-order valence-corrected chi connectivity index (χ4v) is 2.78. The van der Waals surface area contributed by atoms with Gasteiger partial charge in [-0.1, -0.05) is 18.2 Å². The lowest BCUT2D eigenvalue weighted by atomic mass is 9.97. The molecule has 1 aliphatic heterocycles. The van der Waals surface area contributed by atoms with Crippen molar-refractivity contribution in [3.8, 4) is 5.75 Å². The predicted octanol–water partition coefficient (Wildman–Crippen LogP) is 2.52. The van der Waals surface area contributed by atoms with Crippen LogP contribution in [0.1, 0.15) is 29.3 Å². The molecule has 1 aliphatic rings. The molecule has 0 fully saturated rings. The molecule has 0 saturated heterocycles. The highest BCUT2D eigenvalue weighted by Gasteiger charge is 2.20. The molecular formula is C13H14N2OS. The first-order valence-corrected chi connectivity index (χ1v) is 6.69. The van der Waals surface area contributed by atoms with E-state index in [1.165, 1.54) is 5.56 Å². The zero-order valence-electron chi connectivity index (χ0n) is 9.43. The lowest BCUT2D eigenvalue weighted by Crippen LogP contribution is -2.17. The van der Waals surface area contributed by atoms with Crippen LogP contribution >= 0.6 is 11.3 Å². The normalized spacial score (nSPS) is 16.1. The molecule has 0 saturated carbocycles. The van der Waals surface area contributed by atoms with Crippen LogP contribution in [0, 0.1) is 0 Å². The van der Waals surface area contributed by atoms with Gasteiger partial charge in [0.2, 0.25) is 0 Å². The summed E-state index contributed by atoms with van der Waals surface area (Å²) in [7, 11) is 0. The van der Waals surface area contributed by atoms with Gasteiger partial charge in [0.25, 0.3) is 0 Å². The average molecular weight is 246 g/mol. The van der Waals surface area contributed by atoms with Crippen LogP contribution in [-0.4, -0.2) is 11.6 Å². The zero-order valence-corrected chi connectivity index (χ0v) is 10.2. The van der Waals surface area contributed by atoms with Crippen LogP contribution in [0.2, 0.25) is 0 Å². The monoisotopic (exact) mass is 246 g/mol. The van der Waals surface area contributed by atoms with Crippen molar-refractivity contribution in [1.29, 1.82) is 0 Å². The number of hydrogen-bond acceptors (Lipinski definition) is 4. The van der Waals surface area contributed by atoms with E-state index in [-0.39, 0.29) is 6.04 Å². The average Bonchev–Trinajstić information content (AvgIpc) is 2.91. The summed E-state index contributed by atoms with van der Waals surface area (Å²) in [5.41, 5.74) is 11.3. The molecule has 0 aliphatic carbocycles. The van der Waals surface area contributed by atoms with Crippen molar-refractivity contribution < 1.29 is 4.74 Å². The molecule has 88 valence electrons. The van der Waals surface area contributed by atoms with Crippen molar-refractivity contribution in [2.75, 3.05) is 6.61 Å². The van der Waals surface area contributed by atoms with Crippen molar-refractivity contribution in [2.24, 2.45) is 5.73 Å². The van der Waals surface area contributed by atoms with Crippen molar-refractivity contribution in [1.82, 2.24) is 4.98 Å². The molecule has 2 aromatic rings. The van der Waals surface area contributed by atoms with Gasteiger partial charge in [-0.05, 0) is 18.4 Å². The molecule has 0 amide bonds. The Balaban J connectivity index is 2.03. The van der Waals surface area contributed by atoms with Gasteiger partial charge >= 0.3 is 0 Å². The fraction of sp³-hybridized carbons (Fsp3) is 0.308. The Morgan fingerprint density at radius 1 is 1.41 bits per heavy atom. The van der Waals surface area contributed by atoms with E-state index in [9.17, 15) is 0 Å². The Labute approximate surface area is 104 Å². The summed E-state index contributed by atoms with van der Waals surface area (Å²) in [5.74, 6) is 0.972. The van der Waals surface area contributed by atoms with Crippen LogP contribution in [0.25, 0.3) is 0 Å². The van der Waals surface area contributed by atoms with Crippen LogP contribution in [0.4, 0.5) is 0 Å². The first-order valence-electron chi connectivity index (χ1n) is 5.74. The SMILES string of the molecule is NC(c1cscn1)c1cccc2c1OCCC2. The number of aromatic nitrogens is 1. The summed E-state index contributed by atoms with van der Waals surface area (Å²) in [6, 6.07) is 6.02. The van der Waals surface area contributed by atoms with Crippen LogP contribution in [0.15, 0.2) is 29.1 Å². The highest BCUT2D eigenvalue weighted by atomic mass is 32.1. The van der Waals surface area contributed by atoms with Gasteiger partial charge in [0.1, 0.15) is 5.75 Å². The highest BCUT2D eigenvalue weighted by Crippen LogP contribution is 2.34. The number of para-hydroxylation sites is 1. The van der Waals surface area contributed by atoms with Gasteiger partial charge in [0.15, 0.2) is 0 Å². The van der Waals surface area contributed by atoms with E-state index in [1.807, 2.05) is 17.0 Å². The minimum Gasteiger partial charge on any atom is -0.493 e. The summed E-state index contributed by atoms with van der Waals surface area (Å²) >= 11 is 1.57. The third-order valence-electron chi connectivity index (χ3n) is 3.07. The third kappa shape index (κ3) is 1.94. The Bertz CT molecular complexity index is 510. The molecule has 4 heteroatoms. The van der Waals surface area contributed by atoms with Crippen molar-refractivity contribution in [3.05, 3.63) is 45.9 Å². The van der Waals surface area contributed by atoms with Gasteiger partial charge in [0.05, 0.1) is 23.9 Å². The quantitative estimate of drug-likeness (QED) is 0.885. The molecule has 2 N–H and O–H groups in total. The number of nitrogens with zero attached hydrogens (tertiary/aromatic N) is 1.